The van der Waals surface area contributed by atoms with E-state index in [9.17, 15) is 19.5 Å². The lowest BCUT2D eigenvalue weighted by atomic mass is 10.0. The van der Waals surface area contributed by atoms with E-state index < -0.39 is 35.7 Å². The zero-order chi connectivity index (χ0) is 20.3. The van der Waals surface area contributed by atoms with Gasteiger partial charge in [-0.15, -0.1) is 0 Å². The van der Waals surface area contributed by atoms with Gasteiger partial charge in [-0.05, 0) is 39.7 Å². The van der Waals surface area contributed by atoms with Gasteiger partial charge < -0.3 is 31.5 Å². The van der Waals surface area contributed by atoms with Crippen molar-refractivity contribution >= 4 is 18.0 Å². The van der Waals surface area contributed by atoms with Gasteiger partial charge in [0, 0.05) is 6.67 Å². The molecule has 0 aromatic heterocycles. The van der Waals surface area contributed by atoms with Crippen molar-refractivity contribution in [2.24, 2.45) is 11.7 Å². The number of carboxylic acids is 1. The second-order valence-electron chi connectivity index (χ2n) is 7.11. The number of carbonyl (C=O) groups is 3. The van der Waals surface area contributed by atoms with Gasteiger partial charge >= 0.3 is 12.1 Å². The first-order valence-electron chi connectivity index (χ1n) is 8.58. The van der Waals surface area contributed by atoms with E-state index in [0.717, 1.165) is 0 Å². The first kappa shape index (κ1) is 23.9. The van der Waals surface area contributed by atoms with Gasteiger partial charge in [-0.1, -0.05) is 26.0 Å². The summed E-state index contributed by atoms with van der Waals surface area (Å²) in [4.78, 5) is 35.7. The standard InChI is InChI=1S/C17H32N4O5/c1-11(2)13(21-16(25)26-17(3,4)5)14(22)20-12(15(23)24)8-6-7-9-19-10-18/h6,8,11-13,19H,7,9-10,18H2,1-5H3,(H,20,22)(H,21,25)(H,23,24)/b8-6+/t12?,13-/m0/s1. The number of aliphatic carboxylic acids is 1. The van der Waals surface area contributed by atoms with Gasteiger partial charge in [0.15, 0.2) is 0 Å². The molecule has 0 heterocycles. The van der Waals surface area contributed by atoms with Crippen molar-refractivity contribution in [3.8, 4) is 0 Å². The molecule has 150 valence electrons. The van der Waals surface area contributed by atoms with E-state index in [-0.39, 0.29) is 5.92 Å². The highest BCUT2D eigenvalue weighted by Gasteiger charge is 2.29. The molecule has 0 aromatic rings. The van der Waals surface area contributed by atoms with Crippen molar-refractivity contribution < 1.29 is 24.2 Å². The van der Waals surface area contributed by atoms with Crippen LogP contribution in [0, 0.1) is 5.92 Å². The van der Waals surface area contributed by atoms with Crippen molar-refractivity contribution in [1.29, 1.82) is 0 Å². The number of carbonyl (C=O) groups excluding carboxylic acids is 2. The fourth-order valence-corrected chi connectivity index (χ4v) is 1.92. The van der Waals surface area contributed by atoms with Crippen LogP contribution in [0.1, 0.15) is 41.0 Å². The molecule has 0 radical (unpaired) electrons. The summed E-state index contributed by atoms with van der Waals surface area (Å²) in [5.41, 5.74) is 4.59. The number of ether oxygens (including phenoxy) is 1. The van der Waals surface area contributed by atoms with Crippen LogP contribution in [-0.4, -0.2) is 54.0 Å². The van der Waals surface area contributed by atoms with Gasteiger partial charge in [-0.25, -0.2) is 9.59 Å². The van der Waals surface area contributed by atoms with Crippen LogP contribution in [0.15, 0.2) is 12.2 Å². The zero-order valence-electron chi connectivity index (χ0n) is 16.2. The zero-order valence-corrected chi connectivity index (χ0v) is 16.2. The van der Waals surface area contributed by atoms with Crippen molar-refractivity contribution in [3.05, 3.63) is 12.2 Å². The average Bonchev–Trinajstić information content (AvgIpc) is 2.48. The molecule has 0 rings (SSSR count). The maximum absolute atomic E-state index is 12.4. The van der Waals surface area contributed by atoms with Gasteiger partial charge in [0.25, 0.3) is 0 Å². The Morgan fingerprint density at radius 2 is 1.81 bits per heavy atom. The number of carboxylic acid groups (broad SMARTS) is 1. The minimum atomic E-state index is -1.19. The molecule has 26 heavy (non-hydrogen) atoms. The summed E-state index contributed by atoms with van der Waals surface area (Å²) in [5, 5.41) is 17.1. The molecule has 0 bridgehead atoms. The topological polar surface area (TPSA) is 143 Å². The lowest BCUT2D eigenvalue weighted by molar-refractivity contribution is -0.140. The number of rotatable bonds is 10. The Morgan fingerprint density at radius 3 is 2.27 bits per heavy atom. The van der Waals surface area contributed by atoms with Crippen LogP contribution in [0.5, 0.6) is 0 Å². The highest BCUT2D eigenvalue weighted by Crippen LogP contribution is 2.09. The van der Waals surface area contributed by atoms with Crippen LogP contribution in [0.25, 0.3) is 0 Å². The van der Waals surface area contributed by atoms with Crippen LogP contribution >= 0.6 is 0 Å². The van der Waals surface area contributed by atoms with Crippen molar-refractivity contribution in [3.63, 3.8) is 0 Å². The predicted molar refractivity (Wildman–Crippen MR) is 98.4 cm³/mol. The second-order valence-corrected chi connectivity index (χ2v) is 7.11. The summed E-state index contributed by atoms with van der Waals surface area (Å²) < 4.78 is 5.15. The third-order valence-corrected chi connectivity index (χ3v) is 3.15. The molecule has 0 fully saturated rings. The summed E-state index contributed by atoms with van der Waals surface area (Å²) >= 11 is 0. The van der Waals surface area contributed by atoms with Gasteiger partial charge in [0.1, 0.15) is 17.7 Å². The number of nitrogens with one attached hydrogen (secondary N) is 3. The van der Waals surface area contributed by atoms with Gasteiger partial charge in [0.05, 0.1) is 0 Å². The number of hydrogen-bond acceptors (Lipinski definition) is 6. The van der Waals surface area contributed by atoms with Crippen molar-refractivity contribution in [1.82, 2.24) is 16.0 Å². The molecule has 9 heteroatoms. The molecular formula is C17H32N4O5. The lowest BCUT2D eigenvalue weighted by Gasteiger charge is -2.25. The largest absolute Gasteiger partial charge is 0.479 e. The third kappa shape index (κ3) is 10.7. The highest BCUT2D eigenvalue weighted by atomic mass is 16.6. The monoisotopic (exact) mass is 372 g/mol. The molecule has 0 saturated heterocycles. The molecule has 2 atom stereocenters. The minimum Gasteiger partial charge on any atom is -0.479 e. The quantitative estimate of drug-likeness (QED) is 0.214. The van der Waals surface area contributed by atoms with E-state index >= 15 is 0 Å². The average molecular weight is 372 g/mol. The van der Waals surface area contributed by atoms with Crippen LogP contribution < -0.4 is 21.7 Å². The first-order valence-corrected chi connectivity index (χ1v) is 8.58. The molecule has 0 aliphatic heterocycles. The predicted octanol–water partition coefficient (Wildman–Crippen LogP) is 0.557. The second kappa shape index (κ2) is 11.5. The number of nitrogens with two attached hydrogens (primary N) is 1. The Balaban J connectivity index is 4.88. The number of hydrogen-bond donors (Lipinski definition) is 5. The molecule has 1 unspecified atom stereocenters. The molecule has 0 saturated carbocycles. The molecule has 9 nitrogen and oxygen atoms in total. The maximum Gasteiger partial charge on any atom is 0.408 e. The summed E-state index contributed by atoms with van der Waals surface area (Å²) in [5.74, 6) is -2.04. The summed E-state index contributed by atoms with van der Waals surface area (Å²) in [6.45, 7) is 9.55. The van der Waals surface area contributed by atoms with E-state index in [0.29, 0.717) is 19.6 Å². The minimum absolute atomic E-state index is 0.255. The van der Waals surface area contributed by atoms with E-state index in [2.05, 4.69) is 16.0 Å². The van der Waals surface area contributed by atoms with E-state index in [1.54, 1.807) is 40.7 Å². The van der Waals surface area contributed by atoms with Crippen molar-refractivity contribution in [2.45, 2.75) is 58.7 Å². The Bertz CT molecular complexity index is 500. The van der Waals surface area contributed by atoms with E-state index in [1.165, 1.54) is 6.08 Å². The van der Waals surface area contributed by atoms with Crippen LogP contribution in [0.3, 0.4) is 0 Å². The van der Waals surface area contributed by atoms with Crippen LogP contribution in [0.4, 0.5) is 4.79 Å². The van der Waals surface area contributed by atoms with Gasteiger partial charge in [-0.3, -0.25) is 4.79 Å². The fraction of sp³-hybridized carbons (Fsp3) is 0.706. The Hall–Kier alpha value is -2.13. The summed E-state index contributed by atoms with van der Waals surface area (Å²) in [7, 11) is 0. The third-order valence-electron chi connectivity index (χ3n) is 3.15. The molecule has 0 spiro atoms. The lowest BCUT2D eigenvalue weighted by Crippen LogP contribution is -2.54. The number of alkyl carbamates (subject to hydrolysis) is 1. The van der Waals surface area contributed by atoms with Gasteiger partial charge in [-0.2, -0.15) is 0 Å². The maximum atomic E-state index is 12.4. The Labute approximate surface area is 154 Å². The smallest absolute Gasteiger partial charge is 0.408 e. The number of amides is 2. The summed E-state index contributed by atoms with van der Waals surface area (Å²) in [6.07, 6.45) is 2.87. The van der Waals surface area contributed by atoms with Gasteiger partial charge in [0.2, 0.25) is 5.91 Å². The molecule has 6 N–H and O–H groups in total. The van der Waals surface area contributed by atoms with Crippen LogP contribution in [0.2, 0.25) is 0 Å². The molecule has 0 aliphatic rings. The molecule has 2 amide bonds. The Kier molecular flexibility index (Phi) is 10.5. The fourth-order valence-electron chi connectivity index (χ4n) is 1.92. The normalized spacial score (nSPS) is 14.1. The first-order chi connectivity index (χ1) is 12.0. The van der Waals surface area contributed by atoms with E-state index in [4.69, 9.17) is 10.5 Å². The van der Waals surface area contributed by atoms with Crippen LogP contribution in [-0.2, 0) is 14.3 Å². The molecule has 0 aliphatic carbocycles. The summed E-state index contributed by atoms with van der Waals surface area (Å²) in [6, 6.07) is -2.11. The van der Waals surface area contributed by atoms with Crippen molar-refractivity contribution in [2.75, 3.05) is 13.2 Å². The highest BCUT2D eigenvalue weighted by molar-refractivity contribution is 5.90. The SMILES string of the molecule is CC(C)[C@H](NC(=O)OC(C)(C)C)C(=O)NC(/C=C/CCNCN)C(=O)O. The van der Waals surface area contributed by atoms with E-state index in [1.807, 2.05) is 0 Å². The Morgan fingerprint density at radius 1 is 1.19 bits per heavy atom. The molecular weight excluding hydrogens is 340 g/mol. The molecule has 0 aromatic carbocycles.